The molecule has 0 atom stereocenters. The van der Waals surface area contributed by atoms with E-state index in [1.54, 1.807) is 38.5 Å². The van der Waals surface area contributed by atoms with Crippen molar-refractivity contribution in [2.24, 2.45) is 0 Å². The number of hydrogen-bond donors (Lipinski definition) is 1. The van der Waals surface area contributed by atoms with Gasteiger partial charge in [0, 0.05) is 16.8 Å². The molecule has 0 aliphatic carbocycles. The van der Waals surface area contributed by atoms with Crippen molar-refractivity contribution in [1.82, 2.24) is 0 Å². The molecule has 1 N–H and O–H groups in total. The second-order valence-corrected chi connectivity index (χ2v) is 6.31. The Labute approximate surface area is 154 Å². The summed E-state index contributed by atoms with van der Waals surface area (Å²) in [4.78, 5) is 12.1. The van der Waals surface area contributed by atoms with Crippen LogP contribution >= 0.6 is 27.5 Å². The molecule has 0 aliphatic heterocycles. The van der Waals surface area contributed by atoms with E-state index in [2.05, 4.69) is 21.2 Å². The molecule has 0 saturated carbocycles. The molecule has 0 radical (unpaired) electrons. The molecule has 0 aliphatic rings. The summed E-state index contributed by atoms with van der Waals surface area (Å²) < 4.78 is 11.3. The first-order valence-electron chi connectivity index (χ1n) is 7.11. The number of benzene rings is 2. The summed E-state index contributed by atoms with van der Waals surface area (Å²) >= 11 is 9.38. The van der Waals surface area contributed by atoms with E-state index >= 15 is 0 Å². The fourth-order valence-electron chi connectivity index (χ4n) is 2.11. The molecule has 0 bridgehead atoms. The van der Waals surface area contributed by atoms with Crippen molar-refractivity contribution in [2.45, 2.75) is 6.92 Å². The Hall–Kier alpha value is -1.98. The number of carbonyl (C=O) groups is 1. The lowest BCUT2D eigenvalue weighted by Crippen LogP contribution is -2.08. The number of ether oxygens (including phenoxy) is 2. The lowest BCUT2D eigenvalue weighted by atomic mass is 10.1. The quantitative estimate of drug-likeness (QED) is 0.699. The first-order chi connectivity index (χ1) is 11.4. The number of carbonyl (C=O) groups excluding carboxylic acids is 1. The van der Waals surface area contributed by atoms with Crippen LogP contribution in [0.2, 0.25) is 5.02 Å². The second-order valence-electron chi connectivity index (χ2n) is 5.02. The normalized spacial score (nSPS) is 10.7. The maximum atomic E-state index is 12.1. The zero-order valence-corrected chi connectivity index (χ0v) is 15.9. The van der Waals surface area contributed by atoms with Crippen LogP contribution in [0.4, 0.5) is 5.69 Å². The van der Waals surface area contributed by atoms with Crippen molar-refractivity contribution in [3.05, 3.63) is 57.0 Å². The highest BCUT2D eigenvalue weighted by Gasteiger charge is 2.09. The molecule has 126 valence electrons. The minimum absolute atomic E-state index is 0.244. The topological polar surface area (TPSA) is 47.6 Å². The first kappa shape index (κ1) is 18.4. The molecule has 0 unspecified atom stereocenters. The van der Waals surface area contributed by atoms with Gasteiger partial charge in [0.05, 0.1) is 18.7 Å². The van der Waals surface area contributed by atoms with Gasteiger partial charge in [-0.15, -0.1) is 0 Å². The number of anilines is 1. The molecule has 1 amide bonds. The molecular weight excluding hydrogens is 394 g/mol. The number of nitrogens with one attached hydrogen (secondary N) is 1. The zero-order chi connectivity index (χ0) is 17.7. The van der Waals surface area contributed by atoms with Gasteiger partial charge in [0.15, 0.2) is 11.5 Å². The van der Waals surface area contributed by atoms with Crippen molar-refractivity contribution in [2.75, 3.05) is 19.5 Å². The van der Waals surface area contributed by atoms with Crippen LogP contribution in [0.25, 0.3) is 6.08 Å². The molecule has 6 heteroatoms. The van der Waals surface area contributed by atoms with Gasteiger partial charge < -0.3 is 14.8 Å². The van der Waals surface area contributed by atoms with Gasteiger partial charge in [0.1, 0.15) is 0 Å². The van der Waals surface area contributed by atoms with E-state index in [1.807, 2.05) is 19.1 Å². The predicted molar refractivity (Wildman–Crippen MR) is 101 cm³/mol. The summed E-state index contributed by atoms with van der Waals surface area (Å²) in [5, 5.41) is 3.38. The third kappa shape index (κ3) is 4.52. The van der Waals surface area contributed by atoms with Gasteiger partial charge in [-0.05, 0) is 64.3 Å². The number of rotatable bonds is 5. The van der Waals surface area contributed by atoms with Crippen LogP contribution in [-0.2, 0) is 4.79 Å². The average molecular weight is 411 g/mol. The fourth-order valence-corrected chi connectivity index (χ4v) is 2.90. The van der Waals surface area contributed by atoms with Crippen LogP contribution < -0.4 is 14.8 Å². The van der Waals surface area contributed by atoms with E-state index in [0.717, 1.165) is 15.6 Å². The van der Waals surface area contributed by atoms with Crippen molar-refractivity contribution in [1.29, 1.82) is 0 Å². The van der Waals surface area contributed by atoms with E-state index in [4.69, 9.17) is 21.1 Å². The van der Waals surface area contributed by atoms with E-state index in [0.29, 0.717) is 22.2 Å². The Bertz CT molecular complexity index is 790. The number of amides is 1. The Kier molecular flexibility index (Phi) is 6.29. The minimum atomic E-state index is -0.244. The molecule has 4 nitrogen and oxygen atoms in total. The van der Waals surface area contributed by atoms with Crippen LogP contribution in [0, 0.1) is 6.92 Å². The van der Waals surface area contributed by atoms with Gasteiger partial charge in [-0.3, -0.25) is 4.79 Å². The Morgan fingerprint density at radius 3 is 2.62 bits per heavy atom. The standard InChI is InChI=1S/C18H17BrClNO3/c1-11-4-6-13(20)10-15(11)21-17(22)7-5-12-8-14(19)18(24-3)16(9-12)23-2/h4-10H,1-3H3,(H,21,22). The summed E-state index contributed by atoms with van der Waals surface area (Å²) in [7, 11) is 3.13. The van der Waals surface area contributed by atoms with E-state index in [9.17, 15) is 4.79 Å². The molecule has 2 aromatic carbocycles. The highest BCUT2D eigenvalue weighted by Crippen LogP contribution is 2.36. The summed E-state index contributed by atoms with van der Waals surface area (Å²) in [6, 6.07) is 8.99. The van der Waals surface area contributed by atoms with Crippen LogP contribution in [0.1, 0.15) is 11.1 Å². The first-order valence-corrected chi connectivity index (χ1v) is 8.28. The summed E-state index contributed by atoms with van der Waals surface area (Å²) in [5.41, 5.74) is 2.43. The number of hydrogen-bond acceptors (Lipinski definition) is 3. The number of aryl methyl sites for hydroxylation is 1. The van der Waals surface area contributed by atoms with Gasteiger partial charge >= 0.3 is 0 Å². The lowest BCUT2D eigenvalue weighted by molar-refractivity contribution is -0.111. The largest absolute Gasteiger partial charge is 0.493 e. The highest BCUT2D eigenvalue weighted by molar-refractivity contribution is 9.10. The van der Waals surface area contributed by atoms with Crippen LogP contribution in [-0.4, -0.2) is 20.1 Å². The molecule has 0 heterocycles. The van der Waals surface area contributed by atoms with E-state index in [-0.39, 0.29) is 5.91 Å². The van der Waals surface area contributed by atoms with Crippen molar-refractivity contribution >= 4 is 45.2 Å². The maximum absolute atomic E-state index is 12.1. The van der Waals surface area contributed by atoms with Gasteiger partial charge in [-0.25, -0.2) is 0 Å². The zero-order valence-electron chi connectivity index (χ0n) is 13.5. The molecule has 0 saturated heterocycles. The summed E-state index contributed by atoms with van der Waals surface area (Å²) in [6.45, 7) is 1.90. The fraction of sp³-hybridized carbons (Fsp3) is 0.167. The molecule has 0 fully saturated rings. The third-order valence-electron chi connectivity index (χ3n) is 3.34. The van der Waals surface area contributed by atoms with Gasteiger partial charge in [-0.1, -0.05) is 17.7 Å². The lowest BCUT2D eigenvalue weighted by Gasteiger charge is -2.10. The van der Waals surface area contributed by atoms with Crippen LogP contribution in [0.3, 0.4) is 0 Å². The number of halogens is 2. The molecule has 2 aromatic rings. The van der Waals surface area contributed by atoms with Crippen LogP contribution in [0.15, 0.2) is 40.9 Å². The maximum Gasteiger partial charge on any atom is 0.248 e. The SMILES string of the molecule is COc1cc(C=CC(=O)Nc2cc(Cl)ccc2C)cc(Br)c1OC. The third-order valence-corrected chi connectivity index (χ3v) is 4.16. The molecule has 0 spiro atoms. The Morgan fingerprint density at radius 1 is 1.21 bits per heavy atom. The second kappa shape index (κ2) is 8.22. The van der Waals surface area contributed by atoms with Crippen molar-refractivity contribution in [3.8, 4) is 11.5 Å². The van der Waals surface area contributed by atoms with Crippen LogP contribution in [0.5, 0.6) is 11.5 Å². The monoisotopic (exact) mass is 409 g/mol. The van der Waals surface area contributed by atoms with Crippen molar-refractivity contribution < 1.29 is 14.3 Å². The number of methoxy groups -OCH3 is 2. The van der Waals surface area contributed by atoms with Gasteiger partial charge in [0.25, 0.3) is 0 Å². The molecular formula is C18H17BrClNO3. The molecule has 2 rings (SSSR count). The molecule has 0 aromatic heterocycles. The van der Waals surface area contributed by atoms with Crippen molar-refractivity contribution in [3.63, 3.8) is 0 Å². The summed E-state index contributed by atoms with van der Waals surface area (Å²) in [5.74, 6) is 0.942. The Morgan fingerprint density at radius 2 is 1.96 bits per heavy atom. The van der Waals surface area contributed by atoms with E-state index in [1.165, 1.54) is 6.08 Å². The highest BCUT2D eigenvalue weighted by atomic mass is 79.9. The smallest absolute Gasteiger partial charge is 0.248 e. The summed E-state index contributed by atoms with van der Waals surface area (Å²) in [6.07, 6.45) is 3.15. The molecule has 24 heavy (non-hydrogen) atoms. The predicted octanol–water partition coefficient (Wildman–Crippen LogP) is 5.08. The van der Waals surface area contributed by atoms with Gasteiger partial charge in [-0.2, -0.15) is 0 Å². The average Bonchev–Trinajstić information content (AvgIpc) is 2.55. The van der Waals surface area contributed by atoms with Gasteiger partial charge in [0.2, 0.25) is 5.91 Å². The Balaban J connectivity index is 2.17. The van der Waals surface area contributed by atoms with E-state index < -0.39 is 0 Å². The minimum Gasteiger partial charge on any atom is -0.493 e.